The van der Waals surface area contributed by atoms with E-state index in [-0.39, 0.29) is 11.8 Å². The number of hydrogen-bond acceptors (Lipinski definition) is 5. The molecule has 10 heteroatoms. The zero-order valence-corrected chi connectivity index (χ0v) is 19.0. The van der Waals surface area contributed by atoms with Crippen molar-refractivity contribution in [2.75, 3.05) is 23.7 Å². The van der Waals surface area contributed by atoms with Gasteiger partial charge in [0, 0.05) is 54.1 Å². The molecule has 4 rings (SSSR count). The van der Waals surface area contributed by atoms with Crippen molar-refractivity contribution in [3.63, 3.8) is 0 Å². The fourth-order valence-electron chi connectivity index (χ4n) is 3.38. The Labute approximate surface area is 196 Å². The van der Waals surface area contributed by atoms with Crippen LogP contribution in [0.5, 0.6) is 0 Å². The third-order valence-electron chi connectivity index (χ3n) is 4.98. The summed E-state index contributed by atoms with van der Waals surface area (Å²) in [6, 6.07) is 16.2. The number of aromatic nitrogens is 3. The fraction of sp³-hybridized carbons (Fsp3) is 0.130. The average molecular weight is 461 g/mol. The molecule has 0 atom stereocenters. The topological polar surface area (TPSA) is 100 Å². The van der Waals surface area contributed by atoms with Crippen LogP contribution in [-0.2, 0) is 4.79 Å². The molecule has 0 radical (unpaired) electrons. The minimum atomic E-state index is -0.197. The third kappa shape index (κ3) is 5.15. The van der Waals surface area contributed by atoms with E-state index >= 15 is 0 Å². The van der Waals surface area contributed by atoms with E-state index in [1.165, 1.54) is 6.92 Å². The average Bonchev–Trinajstić information content (AvgIpc) is 3.17. The van der Waals surface area contributed by atoms with Crippen LogP contribution in [0.2, 0.25) is 5.02 Å². The van der Waals surface area contributed by atoms with Gasteiger partial charge in [-0.2, -0.15) is 9.61 Å². The highest BCUT2D eigenvalue weighted by molar-refractivity contribution is 6.36. The SMILES string of the molecule is Bc1cnn2c(NCCNC(=O)c3ccc(NC(C)=O)cc3)cc(-c3ccccc3Cl)nc12. The molecule has 4 aromatic rings. The molecule has 0 aliphatic rings. The van der Waals surface area contributed by atoms with Crippen molar-refractivity contribution < 1.29 is 9.59 Å². The molecule has 33 heavy (non-hydrogen) atoms. The van der Waals surface area contributed by atoms with E-state index in [2.05, 4.69) is 21.0 Å². The van der Waals surface area contributed by atoms with Crippen LogP contribution in [0.4, 0.5) is 11.5 Å². The van der Waals surface area contributed by atoms with Gasteiger partial charge in [0.1, 0.15) is 13.7 Å². The van der Waals surface area contributed by atoms with Crippen LogP contribution in [0.25, 0.3) is 16.9 Å². The molecule has 0 fully saturated rings. The minimum Gasteiger partial charge on any atom is -0.368 e. The number of fused-ring (bicyclic) bond motifs is 1. The van der Waals surface area contributed by atoms with Gasteiger partial charge in [-0.25, -0.2) is 4.98 Å². The molecule has 8 nitrogen and oxygen atoms in total. The Morgan fingerprint density at radius 1 is 1.09 bits per heavy atom. The number of benzene rings is 2. The van der Waals surface area contributed by atoms with Crippen LogP contribution < -0.4 is 21.4 Å². The van der Waals surface area contributed by atoms with Gasteiger partial charge >= 0.3 is 0 Å². The molecule has 2 aromatic carbocycles. The number of nitrogens with zero attached hydrogens (tertiary/aromatic N) is 3. The summed E-state index contributed by atoms with van der Waals surface area (Å²) in [7, 11) is 1.95. The highest BCUT2D eigenvalue weighted by Gasteiger charge is 2.12. The van der Waals surface area contributed by atoms with Crippen molar-refractivity contribution in [1.29, 1.82) is 0 Å². The maximum atomic E-state index is 12.4. The van der Waals surface area contributed by atoms with Crippen LogP contribution in [0.3, 0.4) is 0 Å². The maximum absolute atomic E-state index is 12.4. The maximum Gasteiger partial charge on any atom is 0.251 e. The van der Waals surface area contributed by atoms with Gasteiger partial charge < -0.3 is 16.0 Å². The Morgan fingerprint density at radius 3 is 2.58 bits per heavy atom. The zero-order chi connectivity index (χ0) is 23.4. The van der Waals surface area contributed by atoms with Gasteiger partial charge in [-0.15, -0.1) is 0 Å². The summed E-state index contributed by atoms with van der Waals surface area (Å²) in [5.74, 6) is 0.392. The molecule has 0 aliphatic carbocycles. The largest absolute Gasteiger partial charge is 0.368 e. The van der Waals surface area contributed by atoms with Crippen LogP contribution >= 0.6 is 11.6 Å². The number of hydrogen-bond donors (Lipinski definition) is 3. The zero-order valence-electron chi connectivity index (χ0n) is 18.2. The van der Waals surface area contributed by atoms with Crippen molar-refractivity contribution in [3.8, 4) is 11.3 Å². The van der Waals surface area contributed by atoms with E-state index in [0.29, 0.717) is 29.4 Å². The van der Waals surface area contributed by atoms with E-state index in [4.69, 9.17) is 16.6 Å². The van der Waals surface area contributed by atoms with Crippen LogP contribution in [0.1, 0.15) is 17.3 Å². The molecule has 2 heterocycles. The van der Waals surface area contributed by atoms with Gasteiger partial charge in [0.05, 0.1) is 5.69 Å². The molecule has 0 unspecified atom stereocenters. The second kappa shape index (κ2) is 9.75. The number of nitrogens with one attached hydrogen (secondary N) is 3. The third-order valence-corrected chi connectivity index (χ3v) is 5.31. The van der Waals surface area contributed by atoms with Crippen LogP contribution in [-0.4, -0.2) is 47.3 Å². The molecule has 2 aromatic heterocycles. The monoisotopic (exact) mass is 460 g/mol. The Balaban J connectivity index is 1.43. The Bertz CT molecular complexity index is 1320. The predicted octanol–water partition coefficient (Wildman–Crippen LogP) is 2.11. The summed E-state index contributed by atoms with van der Waals surface area (Å²) in [5.41, 5.74) is 4.41. The lowest BCUT2D eigenvalue weighted by Gasteiger charge is -2.12. The molecule has 2 amide bonds. The van der Waals surface area contributed by atoms with E-state index in [9.17, 15) is 9.59 Å². The molecule has 166 valence electrons. The van der Waals surface area contributed by atoms with Gasteiger partial charge in [-0.3, -0.25) is 9.59 Å². The first kappa shape index (κ1) is 22.4. The highest BCUT2D eigenvalue weighted by Crippen LogP contribution is 2.28. The van der Waals surface area contributed by atoms with E-state index in [1.807, 2.05) is 38.2 Å². The van der Waals surface area contributed by atoms with Crippen molar-refractivity contribution in [2.45, 2.75) is 6.92 Å². The van der Waals surface area contributed by atoms with Gasteiger partial charge in [-0.1, -0.05) is 29.8 Å². The van der Waals surface area contributed by atoms with Crippen LogP contribution in [0, 0.1) is 0 Å². The number of anilines is 2. The van der Waals surface area contributed by atoms with Gasteiger partial charge in [0.25, 0.3) is 5.91 Å². The van der Waals surface area contributed by atoms with Crippen molar-refractivity contribution in [3.05, 3.63) is 71.4 Å². The summed E-state index contributed by atoms with van der Waals surface area (Å²) >= 11 is 6.38. The van der Waals surface area contributed by atoms with E-state index in [0.717, 1.165) is 28.2 Å². The predicted molar refractivity (Wildman–Crippen MR) is 133 cm³/mol. The molecular formula is C23H22BClN6O2. The number of carbonyl (C=O) groups excluding carboxylic acids is 2. The standard InChI is InChI=1S/C23H22BClN6O2/c1-14(32)29-16-8-6-15(7-9-16)23(33)27-11-10-26-21-12-20(17-4-2-3-5-19(17)25)30-22-18(24)13-28-31(21)22/h2-9,12-13,26H,10-11,24H2,1H3,(H,27,33)(H,29,32). The lowest BCUT2D eigenvalue weighted by atomic mass is 10.0. The lowest BCUT2D eigenvalue weighted by Crippen LogP contribution is -2.29. The van der Waals surface area contributed by atoms with E-state index in [1.54, 1.807) is 35.0 Å². The molecular weight excluding hydrogens is 439 g/mol. The molecule has 0 spiro atoms. The number of rotatable bonds is 7. The van der Waals surface area contributed by atoms with Gasteiger partial charge in [-0.05, 0) is 35.8 Å². The molecule has 0 bridgehead atoms. The summed E-state index contributed by atoms with van der Waals surface area (Å²) in [6.07, 6.45) is 1.76. The van der Waals surface area contributed by atoms with Crippen LogP contribution in [0.15, 0.2) is 60.8 Å². The summed E-state index contributed by atoms with van der Waals surface area (Å²) in [5, 5.41) is 13.9. The first-order valence-electron chi connectivity index (χ1n) is 10.4. The Hall–Kier alpha value is -3.85. The first-order chi connectivity index (χ1) is 15.9. The Morgan fingerprint density at radius 2 is 1.85 bits per heavy atom. The Kier molecular flexibility index (Phi) is 6.60. The molecule has 3 N–H and O–H groups in total. The number of amides is 2. The summed E-state index contributed by atoms with van der Waals surface area (Å²) in [4.78, 5) is 28.3. The smallest absolute Gasteiger partial charge is 0.251 e. The van der Waals surface area contributed by atoms with Crippen molar-refractivity contribution >= 4 is 53.9 Å². The first-order valence-corrected chi connectivity index (χ1v) is 10.8. The molecule has 0 aliphatic heterocycles. The summed E-state index contributed by atoms with van der Waals surface area (Å²) in [6.45, 7) is 2.32. The highest BCUT2D eigenvalue weighted by atomic mass is 35.5. The second-order valence-corrected chi connectivity index (χ2v) is 7.92. The lowest BCUT2D eigenvalue weighted by molar-refractivity contribution is -0.114. The van der Waals surface area contributed by atoms with E-state index < -0.39 is 0 Å². The van der Waals surface area contributed by atoms with Gasteiger partial charge in [0.2, 0.25) is 5.91 Å². The minimum absolute atomic E-state index is 0.159. The second-order valence-electron chi connectivity index (χ2n) is 7.51. The van der Waals surface area contributed by atoms with Crippen molar-refractivity contribution in [1.82, 2.24) is 19.9 Å². The quantitative estimate of drug-likeness (QED) is 0.290. The fourth-order valence-corrected chi connectivity index (χ4v) is 3.61. The number of carbonyl (C=O) groups is 2. The molecule has 0 saturated carbocycles. The summed E-state index contributed by atoms with van der Waals surface area (Å²) < 4.78 is 1.73. The normalized spacial score (nSPS) is 10.7. The number of halogens is 1. The molecule has 0 saturated heterocycles. The van der Waals surface area contributed by atoms with Gasteiger partial charge in [0.15, 0.2) is 5.65 Å². The van der Waals surface area contributed by atoms with Crippen molar-refractivity contribution in [2.24, 2.45) is 0 Å².